The molecule has 0 fully saturated rings. The van der Waals surface area contributed by atoms with Crippen LogP contribution in [0.2, 0.25) is 0 Å². The SMILES string of the molecule is CC(C)N1CC(C)(C)CNc2cn[nH]c2C1=O. The average Bonchev–Trinajstić information content (AvgIpc) is 2.68. The Morgan fingerprint density at radius 3 is 2.82 bits per heavy atom. The largest absolute Gasteiger partial charge is 0.381 e. The third kappa shape index (κ3) is 2.28. The van der Waals surface area contributed by atoms with Crippen LogP contribution in [-0.4, -0.2) is 40.1 Å². The maximum Gasteiger partial charge on any atom is 0.274 e. The molecule has 0 saturated heterocycles. The first-order chi connectivity index (χ1) is 7.91. The van der Waals surface area contributed by atoms with Gasteiger partial charge in [-0.25, -0.2) is 0 Å². The van der Waals surface area contributed by atoms with Gasteiger partial charge in [-0.05, 0) is 19.3 Å². The summed E-state index contributed by atoms with van der Waals surface area (Å²) in [5, 5.41) is 10.0. The number of nitrogens with zero attached hydrogens (tertiary/aromatic N) is 2. The van der Waals surface area contributed by atoms with Crippen LogP contribution in [0.25, 0.3) is 0 Å². The number of fused-ring (bicyclic) bond motifs is 1. The zero-order valence-electron chi connectivity index (χ0n) is 10.9. The molecule has 1 aromatic rings. The van der Waals surface area contributed by atoms with Crippen molar-refractivity contribution in [3.05, 3.63) is 11.9 Å². The van der Waals surface area contributed by atoms with Gasteiger partial charge in [0, 0.05) is 19.1 Å². The second kappa shape index (κ2) is 4.05. The Bertz CT molecular complexity index is 422. The molecule has 1 aliphatic rings. The molecule has 0 radical (unpaired) electrons. The third-order valence-corrected chi connectivity index (χ3v) is 3.09. The number of carbonyl (C=O) groups excluding carboxylic acids is 1. The van der Waals surface area contributed by atoms with Crippen LogP contribution in [0.4, 0.5) is 5.69 Å². The number of aromatic nitrogens is 2. The fourth-order valence-electron chi connectivity index (χ4n) is 2.07. The summed E-state index contributed by atoms with van der Waals surface area (Å²) in [6, 6.07) is 0.191. The van der Waals surface area contributed by atoms with E-state index in [0.717, 1.165) is 18.8 Å². The van der Waals surface area contributed by atoms with Crippen molar-refractivity contribution in [2.45, 2.75) is 33.7 Å². The smallest absolute Gasteiger partial charge is 0.274 e. The van der Waals surface area contributed by atoms with Gasteiger partial charge in [-0.2, -0.15) is 5.10 Å². The molecule has 0 bridgehead atoms. The minimum absolute atomic E-state index is 0.0211. The summed E-state index contributed by atoms with van der Waals surface area (Å²) in [6.45, 7) is 9.98. The summed E-state index contributed by atoms with van der Waals surface area (Å²) in [7, 11) is 0. The van der Waals surface area contributed by atoms with Crippen molar-refractivity contribution < 1.29 is 4.79 Å². The summed E-state index contributed by atoms with van der Waals surface area (Å²) in [5.41, 5.74) is 1.41. The third-order valence-electron chi connectivity index (χ3n) is 3.09. The Kier molecular flexibility index (Phi) is 2.85. The van der Waals surface area contributed by atoms with E-state index in [1.54, 1.807) is 6.20 Å². The van der Waals surface area contributed by atoms with Crippen LogP contribution in [0.5, 0.6) is 0 Å². The van der Waals surface area contributed by atoms with Gasteiger partial charge in [-0.15, -0.1) is 0 Å². The highest BCUT2D eigenvalue weighted by atomic mass is 16.2. The standard InChI is InChI=1S/C12H20N4O/c1-8(2)16-7-12(3,4)6-13-9-5-14-15-10(9)11(16)17/h5,8,13H,6-7H2,1-4H3,(H,14,15). The molecule has 1 amide bonds. The van der Waals surface area contributed by atoms with Crippen LogP contribution in [0.15, 0.2) is 6.20 Å². The van der Waals surface area contributed by atoms with E-state index in [2.05, 4.69) is 29.4 Å². The fraction of sp³-hybridized carbons (Fsp3) is 0.667. The van der Waals surface area contributed by atoms with E-state index in [4.69, 9.17) is 0 Å². The van der Waals surface area contributed by atoms with Crippen molar-refractivity contribution >= 4 is 11.6 Å². The number of H-pyrrole nitrogens is 1. The molecule has 1 aliphatic heterocycles. The highest BCUT2D eigenvalue weighted by molar-refractivity contribution is 5.98. The number of hydrogen-bond donors (Lipinski definition) is 2. The van der Waals surface area contributed by atoms with E-state index < -0.39 is 0 Å². The van der Waals surface area contributed by atoms with Crippen molar-refractivity contribution in [3.63, 3.8) is 0 Å². The van der Waals surface area contributed by atoms with Crippen LogP contribution < -0.4 is 5.32 Å². The molecule has 0 atom stereocenters. The molecule has 5 nitrogen and oxygen atoms in total. The number of nitrogens with one attached hydrogen (secondary N) is 2. The first kappa shape index (κ1) is 12.0. The Morgan fingerprint density at radius 1 is 1.47 bits per heavy atom. The molecule has 0 unspecified atom stereocenters. The van der Waals surface area contributed by atoms with Crippen LogP contribution in [0, 0.1) is 5.41 Å². The van der Waals surface area contributed by atoms with Gasteiger partial charge in [0.25, 0.3) is 5.91 Å². The zero-order chi connectivity index (χ0) is 12.6. The molecule has 0 aliphatic carbocycles. The molecular weight excluding hydrogens is 216 g/mol. The first-order valence-electron chi connectivity index (χ1n) is 5.99. The second-order valence-electron chi connectivity index (χ2n) is 5.70. The zero-order valence-corrected chi connectivity index (χ0v) is 10.9. The molecular formula is C12H20N4O. The highest BCUT2D eigenvalue weighted by Crippen LogP contribution is 2.26. The van der Waals surface area contributed by atoms with E-state index in [1.807, 2.05) is 18.7 Å². The summed E-state index contributed by atoms with van der Waals surface area (Å²) in [5.74, 6) is 0.0211. The lowest BCUT2D eigenvalue weighted by molar-refractivity contribution is 0.0616. The van der Waals surface area contributed by atoms with E-state index in [0.29, 0.717) is 5.69 Å². The molecule has 0 saturated carbocycles. The van der Waals surface area contributed by atoms with Gasteiger partial charge in [0.15, 0.2) is 0 Å². The van der Waals surface area contributed by atoms with E-state index in [-0.39, 0.29) is 17.4 Å². The van der Waals surface area contributed by atoms with Crippen molar-refractivity contribution in [1.29, 1.82) is 0 Å². The Labute approximate surface area is 102 Å². The van der Waals surface area contributed by atoms with Crippen molar-refractivity contribution in [2.75, 3.05) is 18.4 Å². The van der Waals surface area contributed by atoms with Crippen molar-refractivity contribution in [1.82, 2.24) is 15.1 Å². The van der Waals surface area contributed by atoms with E-state index in [9.17, 15) is 4.79 Å². The Morgan fingerprint density at radius 2 is 2.18 bits per heavy atom. The molecule has 0 spiro atoms. The maximum atomic E-state index is 12.4. The molecule has 2 heterocycles. The molecule has 0 aromatic carbocycles. The number of anilines is 1. The lowest BCUT2D eigenvalue weighted by Crippen LogP contribution is -2.47. The van der Waals surface area contributed by atoms with Crippen molar-refractivity contribution in [2.24, 2.45) is 5.41 Å². The minimum Gasteiger partial charge on any atom is -0.381 e. The highest BCUT2D eigenvalue weighted by Gasteiger charge is 2.32. The lowest BCUT2D eigenvalue weighted by Gasteiger charge is -2.37. The van der Waals surface area contributed by atoms with Crippen LogP contribution in [-0.2, 0) is 0 Å². The molecule has 17 heavy (non-hydrogen) atoms. The number of amides is 1. The van der Waals surface area contributed by atoms with E-state index in [1.165, 1.54) is 0 Å². The van der Waals surface area contributed by atoms with Gasteiger partial charge in [0.2, 0.25) is 0 Å². The number of carbonyl (C=O) groups is 1. The van der Waals surface area contributed by atoms with Gasteiger partial charge < -0.3 is 10.2 Å². The quantitative estimate of drug-likeness (QED) is 0.780. The summed E-state index contributed by atoms with van der Waals surface area (Å²) in [6.07, 6.45) is 1.67. The predicted octanol–water partition coefficient (Wildman–Crippen LogP) is 1.71. The van der Waals surface area contributed by atoms with Gasteiger partial charge in [0.05, 0.1) is 11.9 Å². The monoisotopic (exact) mass is 236 g/mol. The Balaban J connectivity index is 2.39. The second-order valence-corrected chi connectivity index (χ2v) is 5.70. The topological polar surface area (TPSA) is 61.0 Å². The summed E-state index contributed by atoms with van der Waals surface area (Å²) in [4.78, 5) is 14.3. The number of rotatable bonds is 1. The van der Waals surface area contributed by atoms with Crippen LogP contribution in [0.3, 0.4) is 0 Å². The molecule has 2 N–H and O–H groups in total. The molecule has 94 valence electrons. The summed E-state index contributed by atoms with van der Waals surface area (Å²) < 4.78 is 0. The normalized spacial score (nSPS) is 19.6. The van der Waals surface area contributed by atoms with Gasteiger partial charge >= 0.3 is 0 Å². The number of aromatic amines is 1. The molecule has 2 rings (SSSR count). The van der Waals surface area contributed by atoms with Gasteiger partial charge in [0.1, 0.15) is 5.69 Å². The molecule has 1 aromatic heterocycles. The van der Waals surface area contributed by atoms with Gasteiger partial charge in [-0.1, -0.05) is 13.8 Å². The predicted molar refractivity (Wildman–Crippen MR) is 67.0 cm³/mol. The lowest BCUT2D eigenvalue weighted by atomic mass is 9.91. The summed E-state index contributed by atoms with van der Waals surface area (Å²) >= 11 is 0. The first-order valence-corrected chi connectivity index (χ1v) is 5.99. The van der Waals surface area contributed by atoms with Gasteiger partial charge in [-0.3, -0.25) is 9.89 Å². The maximum absolute atomic E-state index is 12.4. The molecule has 5 heteroatoms. The van der Waals surface area contributed by atoms with Crippen LogP contribution >= 0.6 is 0 Å². The van der Waals surface area contributed by atoms with Crippen LogP contribution in [0.1, 0.15) is 38.2 Å². The average molecular weight is 236 g/mol. The number of hydrogen-bond acceptors (Lipinski definition) is 3. The minimum atomic E-state index is 0.0211. The van der Waals surface area contributed by atoms with E-state index >= 15 is 0 Å². The Hall–Kier alpha value is -1.52. The van der Waals surface area contributed by atoms with Crippen molar-refractivity contribution in [3.8, 4) is 0 Å². The fourth-order valence-corrected chi connectivity index (χ4v) is 2.07.